The maximum absolute atomic E-state index is 13.0. The van der Waals surface area contributed by atoms with Crippen molar-refractivity contribution in [2.45, 2.75) is 70.3 Å². The minimum atomic E-state index is 0.0199. The normalized spacial score (nSPS) is 19.4. The summed E-state index contributed by atoms with van der Waals surface area (Å²) in [5.74, 6) is 0.180. The highest BCUT2D eigenvalue weighted by Crippen LogP contribution is 2.27. The standard InChI is InChI=1S/C21H30N2O2/c1-23(17-12-6-3-7-13-17)21(25)18-14-8-9-15-19(18)22-20(24)16-10-4-2-5-11-16/h8-9,14-17H,2-7,10-13H2,1H3,(H,22,24). The van der Waals surface area contributed by atoms with Gasteiger partial charge in [0.1, 0.15) is 0 Å². The minimum Gasteiger partial charge on any atom is -0.339 e. The molecule has 0 saturated heterocycles. The van der Waals surface area contributed by atoms with E-state index in [9.17, 15) is 9.59 Å². The van der Waals surface area contributed by atoms with Gasteiger partial charge in [-0.3, -0.25) is 9.59 Å². The lowest BCUT2D eigenvalue weighted by atomic mass is 9.88. The van der Waals surface area contributed by atoms with Crippen molar-refractivity contribution in [2.75, 3.05) is 12.4 Å². The van der Waals surface area contributed by atoms with Crippen molar-refractivity contribution < 1.29 is 9.59 Å². The van der Waals surface area contributed by atoms with Gasteiger partial charge in [0.25, 0.3) is 5.91 Å². The lowest BCUT2D eigenvalue weighted by molar-refractivity contribution is -0.120. The Morgan fingerprint density at radius 1 is 0.920 bits per heavy atom. The fourth-order valence-electron chi connectivity index (χ4n) is 4.20. The molecule has 0 bridgehead atoms. The molecule has 2 fully saturated rings. The molecule has 1 aromatic rings. The van der Waals surface area contributed by atoms with Gasteiger partial charge in [0.2, 0.25) is 5.91 Å². The Labute approximate surface area is 151 Å². The van der Waals surface area contributed by atoms with Crippen molar-refractivity contribution in [3.63, 3.8) is 0 Å². The van der Waals surface area contributed by atoms with Crippen LogP contribution in [0.5, 0.6) is 0 Å². The molecule has 3 rings (SSSR count). The number of rotatable bonds is 4. The smallest absolute Gasteiger partial charge is 0.255 e. The van der Waals surface area contributed by atoms with E-state index in [0.717, 1.165) is 38.5 Å². The third kappa shape index (κ3) is 4.42. The Hall–Kier alpha value is -1.84. The van der Waals surface area contributed by atoms with Crippen molar-refractivity contribution in [2.24, 2.45) is 5.92 Å². The first kappa shape index (κ1) is 18.0. The summed E-state index contributed by atoms with van der Waals surface area (Å²) in [6.07, 6.45) is 11.2. The van der Waals surface area contributed by atoms with Crippen LogP contribution in [0.1, 0.15) is 74.6 Å². The van der Waals surface area contributed by atoms with Crippen molar-refractivity contribution in [3.05, 3.63) is 29.8 Å². The van der Waals surface area contributed by atoms with E-state index >= 15 is 0 Å². The summed E-state index contributed by atoms with van der Waals surface area (Å²) < 4.78 is 0. The van der Waals surface area contributed by atoms with Gasteiger partial charge >= 0.3 is 0 Å². The molecule has 136 valence electrons. The Morgan fingerprint density at radius 3 is 2.20 bits per heavy atom. The molecule has 2 amide bonds. The molecule has 2 aliphatic carbocycles. The van der Waals surface area contributed by atoms with Crippen molar-refractivity contribution in [3.8, 4) is 0 Å². The number of hydrogen-bond donors (Lipinski definition) is 1. The maximum atomic E-state index is 13.0. The summed E-state index contributed by atoms with van der Waals surface area (Å²) in [5, 5.41) is 3.03. The first-order valence-corrected chi connectivity index (χ1v) is 9.84. The zero-order chi connectivity index (χ0) is 17.6. The molecule has 2 saturated carbocycles. The molecule has 0 aliphatic heterocycles. The monoisotopic (exact) mass is 342 g/mol. The van der Waals surface area contributed by atoms with Crippen LogP contribution in [0.2, 0.25) is 0 Å². The van der Waals surface area contributed by atoms with E-state index in [1.807, 2.05) is 36.2 Å². The molecule has 4 heteroatoms. The second-order valence-electron chi connectivity index (χ2n) is 7.58. The van der Waals surface area contributed by atoms with E-state index in [2.05, 4.69) is 5.32 Å². The van der Waals surface area contributed by atoms with Crippen molar-refractivity contribution in [1.29, 1.82) is 0 Å². The lowest BCUT2D eigenvalue weighted by Gasteiger charge is -2.31. The van der Waals surface area contributed by atoms with Gasteiger partial charge in [-0.05, 0) is 37.8 Å². The number of hydrogen-bond acceptors (Lipinski definition) is 2. The Kier molecular flexibility index (Phi) is 6.11. The van der Waals surface area contributed by atoms with Crippen LogP contribution in [0.4, 0.5) is 5.69 Å². The molecule has 1 N–H and O–H groups in total. The summed E-state index contributed by atoms with van der Waals surface area (Å²) in [4.78, 5) is 27.5. The van der Waals surface area contributed by atoms with Gasteiger partial charge in [0.15, 0.2) is 0 Å². The third-order valence-corrected chi connectivity index (χ3v) is 5.83. The topological polar surface area (TPSA) is 49.4 Å². The first-order chi connectivity index (χ1) is 12.2. The molecule has 4 nitrogen and oxygen atoms in total. The molecule has 0 spiro atoms. The van der Waals surface area contributed by atoms with E-state index in [4.69, 9.17) is 0 Å². The molecule has 2 aliphatic rings. The number of carbonyl (C=O) groups excluding carboxylic acids is 2. The van der Waals surface area contributed by atoms with Gasteiger partial charge in [-0.15, -0.1) is 0 Å². The summed E-state index contributed by atoms with van der Waals surface area (Å²) in [5.41, 5.74) is 1.27. The second kappa shape index (κ2) is 8.50. The number of nitrogens with one attached hydrogen (secondary N) is 1. The Morgan fingerprint density at radius 2 is 1.52 bits per heavy atom. The number of carbonyl (C=O) groups is 2. The summed E-state index contributed by atoms with van der Waals surface area (Å²) in [7, 11) is 1.90. The summed E-state index contributed by atoms with van der Waals surface area (Å²) in [6.45, 7) is 0. The SMILES string of the molecule is CN(C(=O)c1ccccc1NC(=O)C1CCCCC1)C1CCCCC1. The highest BCUT2D eigenvalue weighted by Gasteiger charge is 2.26. The predicted octanol–water partition coefficient (Wildman–Crippen LogP) is 4.61. The Bertz CT molecular complexity index is 602. The van der Waals surface area contributed by atoms with Crippen LogP contribution >= 0.6 is 0 Å². The highest BCUT2D eigenvalue weighted by atomic mass is 16.2. The molecular weight excluding hydrogens is 312 g/mol. The van der Waals surface area contributed by atoms with Gasteiger partial charge in [-0.2, -0.15) is 0 Å². The molecule has 0 unspecified atom stereocenters. The van der Waals surface area contributed by atoms with E-state index in [1.54, 1.807) is 0 Å². The number of para-hydroxylation sites is 1. The van der Waals surface area contributed by atoms with Gasteiger partial charge in [-0.25, -0.2) is 0 Å². The fraction of sp³-hybridized carbons (Fsp3) is 0.619. The molecule has 0 radical (unpaired) electrons. The summed E-state index contributed by atoms with van der Waals surface area (Å²) >= 11 is 0. The van der Waals surface area contributed by atoms with Crippen LogP contribution in [-0.4, -0.2) is 29.8 Å². The van der Waals surface area contributed by atoms with Gasteiger partial charge in [0, 0.05) is 19.0 Å². The van der Waals surface area contributed by atoms with Crippen LogP contribution in [0.25, 0.3) is 0 Å². The zero-order valence-corrected chi connectivity index (χ0v) is 15.3. The van der Waals surface area contributed by atoms with E-state index in [1.165, 1.54) is 25.7 Å². The maximum Gasteiger partial charge on any atom is 0.255 e. The van der Waals surface area contributed by atoms with E-state index in [-0.39, 0.29) is 17.7 Å². The second-order valence-corrected chi connectivity index (χ2v) is 7.58. The van der Waals surface area contributed by atoms with Gasteiger partial charge < -0.3 is 10.2 Å². The number of nitrogens with zero attached hydrogens (tertiary/aromatic N) is 1. The Balaban J connectivity index is 1.71. The molecule has 25 heavy (non-hydrogen) atoms. The molecule has 1 aromatic carbocycles. The lowest BCUT2D eigenvalue weighted by Crippen LogP contribution is -2.38. The van der Waals surface area contributed by atoms with Crippen LogP contribution in [0.3, 0.4) is 0 Å². The van der Waals surface area contributed by atoms with Crippen LogP contribution in [0.15, 0.2) is 24.3 Å². The largest absolute Gasteiger partial charge is 0.339 e. The number of anilines is 1. The van der Waals surface area contributed by atoms with E-state index < -0.39 is 0 Å². The molecule has 0 heterocycles. The predicted molar refractivity (Wildman–Crippen MR) is 101 cm³/mol. The average molecular weight is 342 g/mol. The van der Waals surface area contributed by atoms with E-state index in [0.29, 0.717) is 17.3 Å². The third-order valence-electron chi connectivity index (χ3n) is 5.83. The fourth-order valence-corrected chi connectivity index (χ4v) is 4.20. The molecule has 0 aromatic heterocycles. The van der Waals surface area contributed by atoms with Crippen molar-refractivity contribution in [1.82, 2.24) is 4.90 Å². The summed E-state index contributed by atoms with van der Waals surface area (Å²) in [6, 6.07) is 7.76. The molecular formula is C21H30N2O2. The average Bonchev–Trinajstić information content (AvgIpc) is 2.68. The zero-order valence-electron chi connectivity index (χ0n) is 15.3. The number of benzene rings is 1. The van der Waals surface area contributed by atoms with Gasteiger partial charge in [0.05, 0.1) is 11.3 Å². The molecule has 0 atom stereocenters. The van der Waals surface area contributed by atoms with Crippen LogP contribution < -0.4 is 5.32 Å². The highest BCUT2D eigenvalue weighted by molar-refractivity contribution is 6.04. The van der Waals surface area contributed by atoms with Gasteiger partial charge in [-0.1, -0.05) is 50.7 Å². The van der Waals surface area contributed by atoms with Crippen molar-refractivity contribution >= 4 is 17.5 Å². The number of amides is 2. The quantitative estimate of drug-likeness (QED) is 0.868. The van der Waals surface area contributed by atoms with Crippen LogP contribution in [-0.2, 0) is 4.79 Å². The van der Waals surface area contributed by atoms with Crippen LogP contribution in [0, 0.1) is 5.92 Å². The first-order valence-electron chi connectivity index (χ1n) is 9.84. The minimum absolute atomic E-state index is 0.0199.